The molecule has 8 aromatic carbocycles. The molecule has 0 bridgehead atoms. The van der Waals surface area contributed by atoms with Gasteiger partial charge in [0.1, 0.15) is 53.4 Å². The maximum Gasteiger partial charge on any atom is 0.459 e. The van der Waals surface area contributed by atoms with Gasteiger partial charge in [0.25, 0.3) is 0 Å². The van der Waals surface area contributed by atoms with Crippen LogP contribution in [0.15, 0.2) is 237 Å². The molecule has 11 rings (SSSR count). The van der Waals surface area contributed by atoms with Gasteiger partial charge in [-0.1, -0.05) is 265 Å². The predicted octanol–water partition coefficient (Wildman–Crippen LogP) is 16.9. The molecule has 0 spiro atoms. The zero-order chi connectivity index (χ0) is 66.6. The van der Waals surface area contributed by atoms with Crippen LogP contribution in [0.1, 0.15) is 123 Å². The lowest BCUT2D eigenvalue weighted by atomic mass is 9.77. The number of aromatic nitrogens is 4. The molecule has 1 saturated heterocycles. The van der Waals surface area contributed by atoms with Gasteiger partial charge in [-0.15, -0.1) is 6.42 Å². The van der Waals surface area contributed by atoms with Crippen LogP contribution in [0.5, 0.6) is 17.2 Å². The number of terminal acetylenes is 1. The molecular formula is C79H82FN6O9P. The van der Waals surface area contributed by atoms with Crippen LogP contribution in [-0.4, -0.2) is 70.7 Å². The third kappa shape index (κ3) is 15.8. The molecule has 15 nitrogen and oxygen atoms in total. The Balaban J connectivity index is 0.997. The number of anilines is 1. The van der Waals surface area contributed by atoms with Crippen molar-refractivity contribution >= 4 is 30.7 Å². The van der Waals surface area contributed by atoms with Crippen LogP contribution in [0.4, 0.5) is 10.2 Å². The lowest BCUT2D eigenvalue weighted by molar-refractivity contribution is -0.146. The number of nitrogens with one attached hydrogen (secondary N) is 2. The minimum absolute atomic E-state index is 0.0476. The Morgan fingerprint density at radius 3 is 1.66 bits per heavy atom. The number of methoxy groups -OCH3 is 2. The molecule has 1 unspecified atom stereocenters. The first kappa shape index (κ1) is 67.9. The van der Waals surface area contributed by atoms with Crippen LogP contribution < -0.4 is 24.4 Å². The molecule has 17 heteroatoms. The number of halogens is 1. The monoisotopic (exact) mass is 1310 g/mol. The number of carbonyl (C=O) groups is 1. The third-order valence-electron chi connectivity index (χ3n) is 17.7. The largest absolute Gasteiger partial charge is 0.497 e. The molecular weight excluding hydrogens is 1230 g/mol. The number of hydrogen-bond acceptors (Lipinski definition) is 13. The molecule has 0 saturated carbocycles. The van der Waals surface area contributed by atoms with Crippen molar-refractivity contribution in [3.05, 3.63) is 282 Å². The van der Waals surface area contributed by atoms with E-state index in [0.717, 1.165) is 52.6 Å². The molecule has 10 aromatic rings. The van der Waals surface area contributed by atoms with Gasteiger partial charge in [-0.2, -0.15) is 19.4 Å². The molecule has 96 heavy (non-hydrogen) atoms. The van der Waals surface area contributed by atoms with E-state index < -0.39 is 61.5 Å². The molecule has 2 aromatic heterocycles. The summed E-state index contributed by atoms with van der Waals surface area (Å²) in [5.41, 5.74) is 0.971. The third-order valence-corrected chi connectivity index (χ3v) is 19.2. The van der Waals surface area contributed by atoms with Gasteiger partial charge >= 0.3 is 19.8 Å². The Hall–Kier alpha value is -9.46. The van der Waals surface area contributed by atoms with Gasteiger partial charge in [0.05, 0.1) is 27.2 Å². The van der Waals surface area contributed by atoms with Gasteiger partial charge < -0.3 is 33.5 Å². The Kier molecular flexibility index (Phi) is 22.9. The van der Waals surface area contributed by atoms with Gasteiger partial charge in [0.15, 0.2) is 22.6 Å². The van der Waals surface area contributed by atoms with E-state index in [2.05, 4.69) is 33.2 Å². The Morgan fingerprint density at radius 2 is 1.12 bits per heavy atom. The van der Waals surface area contributed by atoms with E-state index in [4.69, 9.17) is 44.1 Å². The minimum atomic E-state index is -4.76. The van der Waals surface area contributed by atoms with Crippen LogP contribution in [0, 0.1) is 18.4 Å². The Labute approximate surface area is 562 Å². The fraction of sp³-hybridized carbons (Fsp3) is 0.291. The fourth-order valence-electron chi connectivity index (χ4n) is 12.7. The van der Waals surface area contributed by atoms with Crippen LogP contribution >= 0.6 is 7.75 Å². The molecule has 0 aliphatic carbocycles. The number of fused-ring (bicyclic) bond motifs is 1. The van der Waals surface area contributed by atoms with E-state index >= 15 is 8.96 Å². The van der Waals surface area contributed by atoms with Crippen LogP contribution in [-0.2, 0) is 45.7 Å². The molecule has 3 heterocycles. The molecule has 1 fully saturated rings. The first-order valence-electron chi connectivity index (χ1n) is 33.0. The number of unbranched alkanes of at least 4 members (excludes halogenated alkanes) is 9. The summed E-state index contributed by atoms with van der Waals surface area (Å²) >= 11 is 0. The van der Waals surface area contributed by atoms with Gasteiger partial charge in [-0.25, -0.2) is 9.55 Å². The van der Waals surface area contributed by atoms with E-state index in [1.54, 1.807) is 49.1 Å². The lowest BCUT2D eigenvalue weighted by Gasteiger charge is -2.41. The van der Waals surface area contributed by atoms with Crippen molar-refractivity contribution in [3.8, 4) is 29.6 Å². The molecule has 1 aliphatic rings. The summed E-state index contributed by atoms with van der Waals surface area (Å²) < 4.78 is 80.2. The van der Waals surface area contributed by atoms with Crippen molar-refractivity contribution in [2.24, 2.45) is 0 Å². The molecule has 494 valence electrons. The van der Waals surface area contributed by atoms with Crippen molar-refractivity contribution in [2.45, 2.75) is 119 Å². The molecule has 2 N–H and O–H groups in total. The summed E-state index contributed by atoms with van der Waals surface area (Å²) in [5.74, 6) is 3.81. The number of rotatable bonds is 34. The highest BCUT2D eigenvalue weighted by Gasteiger charge is 2.56. The lowest BCUT2D eigenvalue weighted by Crippen LogP contribution is -2.49. The topological polar surface area (TPSA) is 166 Å². The zero-order valence-electron chi connectivity index (χ0n) is 54.5. The summed E-state index contributed by atoms with van der Waals surface area (Å²) in [4.78, 5) is 28.4. The van der Waals surface area contributed by atoms with Crippen LogP contribution in [0.25, 0.3) is 11.2 Å². The Morgan fingerprint density at radius 1 is 0.646 bits per heavy atom. The SMILES string of the molecule is C#C[C@]1(COP(=O)(N[C@@H](Cc2ccccc2)C(=O)OCCCCCCCCCCCC)Oc2ccccc2)O[C@@H](n2cnc3c(NC(c4ccccc4)(c4ccccc4)c4ccc(OC)cc4)nc(F)nc32)C[C@@H]1OC(c1ccccc1)(c1ccccc1)c1ccc(OC)cc1. The average Bonchev–Trinajstić information content (AvgIpc) is 1.32. The number of carbonyl (C=O) groups excluding carboxylic acids is 1. The number of esters is 1. The maximum atomic E-state index is 16.8. The second-order valence-electron chi connectivity index (χ2n) is 24.0. The van der Waals surface area contributed by atoms with Gasteiger partial charge in [0.2, 0.25) is 0 Å². The van der Waals surface area contributed by atoms with Crippen molar-refractivity contribution in [2.75, 3.05) is 32.8 Å². The van der Waals surface area contributed by atoms with Gasteiger partial charge in [-0.3, -0.25) is 13.9 Å². The zero-order valence-corrected chi connectivity index (χ0v) is 55.4. The van der Waals surface area contributed by atoms with Crippen molar-refractivity contribution in [3.63, 3.8) is 0 Å². The highest BCUT2D eigenvalue weighted by Crippen LogP contribution is 2.52. The number of benzene rings is 8. The molecule has 5 atom stereocenters. The summed E-state index contributed by atoms with van der Waals surface area (Å²) in [7, 11) is -1.55. The summed E-state index contributed by atoms with van der Waals surface area (Å²) in [5, 5.41) is 6.74. The number of imidazole rings is 1. The highest BCUT2D eigenvalue weighted by molar-refractivity contribution is 7.52. The van der Waals surface area contributed by atoms with E-state index in [-0.39, 0.29) is 42.2 Å². The van der Waals surface area contributed by atoms with E-state index in [0.29, 0.717) is 23.5 Å². The van der Waals surface area contributed by atoms with Crippen molar-refractivity contribution in [1.82, 2.24) is 24.6 Å². The Bertz CT molecular complexity index is 4080. The predicted molar refractivity (Wildman–Crippen MR) is 372 cm³/mol. The quantitative estimate of drug-likeness (QED) is 0.00977. The molecule has 1 aliphatic heterocycles. The maximum absolute atomic E-state index is 16.8. The first-order chi connectivity index (χ1) is 47.0. The van der Waals surface area contributed by atoms with E-state index in [1.807, 2.05) is 200 Å². The summed E-state index contributed by atoms with van der Waals surface area (Å²) in [6, 6.07) is 71.0. The standard InChI is InChI=1S/C79H82FN6O9P/c1-5-7-8-9-10-11-12-13-14-33-54-91-75(87)69(55-59-34-21-15-22-35-59)85-96(88,95-68-44-31-20-32-45-68)92-57-77(6-2)70(93-79(63-40-27-18-28-41-63,64-42-29-19-30-43-64)65-48-52-67(90-4)53-49-65)56-71(94-77)86-58-81-72-73(82-76(80)83-74(72)86)84-78(60-36-23-16-24-37-60,61-38-25-17-26-39-61)62-46-50-66(89-3)51-47-62/h2,15-32,34-53,58,69-71H,5,7-14,33,54-57H2,1,3-4H3,(H,85,88)(H,82,83,84)/t69-,70-,71+,77+,96?/m0/s1. The average molecular weight is 1310 g/mol. The van der Waals surface area contributed by atoms with E-state index in [9.17, 15) is 4.79 Å². The van der Waals surface area contributed by atoms with Crippen LogP contribution in [0.2, 0.25) is 0 Å². The summed E-state index contributed by atoms with van der Waals surface area (Å²) in [6.07, 6.45) is 16.2. The van der Waals surface area contributed by atoms with Gasteiger partial charge in [-0.05, 0) is 88.2 Å². The van der Waals surface area contributed by atoms with Crippen molar-refractivity contribution in [1.29, 1.82) is 0 Å². The number of para-hydroxylation sites is 1. The van der Waals surface area contributed by atoms with Crippen molar-refractivity contribution < 1.29 is 46.5 Å². The molecule has 0 radical (unpaired) electrons. The minimum Gasteiger partial charge on any atom is -0.497 e. The second kappa shape index (κ2) is 32.3. The second-order valence-corrected chi connectivity index (χ2v) is 25.7. The summed E-state index contributed by atoms with van der Waals surface area (Å²) in [6.45, 7) is 1.73. The first-order valence-corrected chi connectivity index (χ1v) is 34.6. The highest BCUT2D eigenvalue weighted by atomic mass is 31.2. The number of ether oxygens (including phenoxy) is 5. The number of nitrogens with zero attached hydrogens (tertiary/aromatic N) is 4. The number of hydrogen-bond donors (Lipinski definition) is 2. The normalized spacial score (nSPS) is 16.4. The van der Waals surface area contributed by atoms with Gasteiger partial charge in [0, 0.05) is 6.42 Å². The van der Waals surface area contributed by atoms with E-state index in [1.165, 1.54) is 44.9 Å². The molecule has 0 amide bonds. The van der Waals surface area contributed by atoms with Crippen LogP contribution in [0.3, 0.4) is 0 Å². The fourth-order valence-corrected chi connectivity index (χ4v) is 14.2. The smallest absolute Gasteiger partial charge is 0.459 e.